The fourth-order valence-corrected chi connectivity index (χ4v) is 7.64. The molecular weight excluding hydrogens is 695 g/mol. The minimum atomic E-state index is -4.96. The van der Waals surface area contributed by atoms with Gasteiger partial charge in [-0.2, -0.15) is 13.2 Å². The summed E-state index contributed by atoms with van der Waals surface area (Å²) in [7, 11) is 3.01. The number of benzene rings is 2. The summed E-state index contributed by atoms with van der Waals surface area (Å²) in [5.41, 5.74) is -0.825. The molecule has 3 aromatic rings. The van der Waals surface area contributed by atoms with E-state index in [1.807, 2.05) is 19.0 Å². The van der Waals surface area contributed by atoms with Crippen LogP contribution >= 0.6 is 0 Å². The quantitative estimate of drug-likeness (QED) is 0.140. The van der Waals surface area contributed by atoms with Crippen molar-refractivity contribution in [1.82, 2.24) is 14.2 Å². The monoisotopic (exact) mass is 736 g/mol. The van der Waals surface area contributed by atoms with Crippen LogP contribution in [0.1, 0.15) is 36.2 Å². The Morgan fingerprint density at radius 3 is 2.39 bits per heavy atom. The van der Waals surface area contributed by atoms with Gasteiger partial charge in [-0.3, -0.25) is 4.99 Å². The number of hydrogen-bond donors (Lipinski definition) is 0. The smallest absolute Gasteiger partial charge is 0.433 e. The number of halogens is 5. The number of rotatable bonds is 14. The molecule has 1 fully saturated rings. The van der Waals surface area contributed by atoms with Crippen molar-refractivity contribution in [2.24, 2.45) is 9.98 Å². The summed E-state index contributed by atoms with van der Waals surface area (Å²) in [6.07, 6.45) is -0.141. The van der Waals surface area contributed by atoms with Gasteiger partial charge in [-0.15, -0.1) is 0 Å². The van der Waals surface area contributed by atoms with Crippen LogP contribution in [0, 0.1) is 11.6 Å². The largest absolute Gasteiger partial charge is 0.497 e. The summed E-state index contributed by atoms with van der Waals surface area (Å²) in [5, 5.41) is 0. The number of methoxy groups -OCH3 is 2. The standard InChI is InChI=1S/C35H41F5N6O4S/c1-41-17-14-32(42-2)46(22-24-11-12-27(49-5)21-30(24)50-6)51(47,48)33-28(36)19-26(20-29(33)37)45-18-8-15-34(23-45,44(3)4)16-13-25-9-7-10-31(43-25)35(38,39)40/h7,9-12,14,17,19-21H,2,8,13,15-16,18,22-23H2,1,3-6H3/b32-14+,41-17?. The molecular formula is C35H41F5N6O4S. The third-order valence-electron chi connectivity index (χ3n) is 8.94. The molecule has 0 spiro atoms. The second-order valence-electron chi connectivity index (χ2n) is 12.2. The first kappa shape index (κ1) is 39.2. The molecule has 1 aliphatic rings. The number of hydrogen-bond acceptors (Lipinski definition) is 9. The lowest BCUT2D eigenvalue weighted by atomic mass is 9.82. The lowest BCUT2D eigenvalue weighted by Gasteiger charge is -2.48. The van der Waals surface area contributed by atoms with Crippen LogP contribution in [0.5, 0.6) is 11.5 Å². The number of ether oxygens (including phenoxy) is 2. The highest BCUT2D eigenvalue weighted by Gasteiger charge is 2.39. The van der Waals surface area contributed by atoms with Gasteiger partial charge in [0.1, 0.15) is 34.6 Å². The highest BCUT2D eigenvalue weighted by molar-refractivity contribution is 7.89. The molecule has 0 radical (unpaired) electrons. The van der Waals surface area contributed by atoms with Gasteiger partial charge in [0.15, 0.2) is 4.90 Å². The van der Waals surface area contributed by atoms with Gasteiger partial charge in [-0.25, -0.2) is 31.5 Å². The topological polar surface area (TPSA) is 99.9 Å². The Morgan fingerprint density at radius 2 is 1.80 bits per heavy atom. The van der Waals surface area contributed by atoms with E-state index in [0.717, 1.165) is 18.2 Å². The Kier molecular flexibility index (Phi) is 12.4. The Balaban J connectivity index is 1.69. The molecule has 51 heavy (non-hydrogen) atoms. The van der Waals surface area contributed by atoms with Crippen LogP contribution < -0.4 is 14.4 Å². The van der Waals surface area contributed by atoms with Gasteiger partial charge in [-0.05, 0) is 89.0 Å². The Morgan fingerprint density at radius 1 is 1.10 bits per heavy atom. The Hall–Kier alpha value is -4.57. The predicted octanol–water partition coefficient (Wildman–Crippen LogP) is 6.36. The Bertz CT molecular complexity index is 1860. The molecule has 1 atom stereocenters. The molecule has 4 rings (SSSR count). The van der Waals surface area contributed by atoms with E-state index in [9.17, 15) is 21.6 Å². The van der Waals surface area contributed by atoms with Crippen molar-refractivity contribution in [1.29, 1.82) is 0 Å². The third-order valence-corrected chi connectivity index (χ3v) is 10.7. The molecule has 276 valence electrons. The number of anilines is 1. The van der Waals surface area contributed by atoms with Gasteiger partial charge in [0.2, 0.25) is 0 Å². The summed E-state index contributed by atoms with van der Waals surface area (Å²) in [6, 6.07) is 10.4. The average molecular weight is 737 g/mol. The lowest BCUT2D eigenvalue weighted by molar-refractivity contribution is -0.141. The minimum Gasteiger partial charge on any atom is -0.497 e. The van der Waals surface area contributed by atoms with E-state index >= 15 is 8.78 Å². The predicted molar refractivity (Wildman–Crippen MR) is 186 cm³/mol. The number of likely N-dealkylation sites (N-methyl/N-ethyl adjacent to an activating group) is 1. The van der Waals surface area contributed by atoms with E-state index in [0.29, 0.717) is 41.4 Å². The number of nitrogens with zero attached hydrogens (tertiary/aromatic N) is 6. The van der Waals surface area contributed by atoms with E-state index in [1.165, 1.54) is 51.8 Å². The molecule has 1 saturated heterocycles. The molecule has 0 aliphatic carbocycles. The second kappa shape index (κ2) is 16.2. The van der Waals surface area contributed by atoms with Crippen LogP contribution in [0.25, 0.3) is 0 Å². The van der Waals surface area contributed by atoms with Crippen LogP contribution in [0.2, 0.25) is 0 Å². The molecule has 2 aromatic carbocycles. The van der Waals surface area contributed by atoms with Gasteiger partial charge in [-0.1, -0.05) is 6.07 Å². The zero-order valence-electron chi connectivity index (χ0n) is 29.0. The molecule has 1 aromatic heterocycles. The van der Waals surface area contributed by atoms with Crippen molar-refractivity contribution in [2.45, 2.75) is 48.8 Å². The molecule has 0 N–H and O–H groups in total. The van der Waals surface area contributed by atoms with Gasteiger partial charge in [0.05, 0.1) is 20.8 Å². The van der Waals surface area contributed by atoms with Crippen LogP contribution in [0.3, 0.4) is 0 Å². The maximum atomic E-state index is 16.1. The number of pyridine rings is 1. The number of alkyl halides is 3. The third kappa shape index (κ3) is 8.84. The Labute approximate surface area is 295 Å². The molecule has 16 heteroatoms. The first-order chi connectivity index (χ1) is 24.1. The SMILES string of the molecule is C=N/C(=C\C=NC)N(Cc1ccc(OC)cc1OC)S(=O)(=O)c1c(F)cc(N2CCCC(CCc3cccc(C(F)(F)F)n3)(N(C)C)C2)cc1F. The fourth-order valence-electron chi connectivity index (χ4n) is 6.13. The summed E-state index contributed by atoms with van der Waals surface area (Å²) >= 11 is 0. The van der Waals surface area contributed by atoms with Crippen LogP contribution in [-0.4, -0.2) is 89.5 Å². The molecule has 1 unspecified atom stereocenters. The molecule has 2 heterocycles. The molecule has 0 saturated carbocycles. The minimum absolute atomic E-state index is 0.117. The fraction of sp³-hybridized carbons (Fsp3) is 0.400. The van der Waals surface area contributed by atoms with E-state index in [4.69, 9.17) is 9.47 Å². The van der Waals surface area contributed by atoms with Crippen LogP contribution in [-0.2, 0) is 29.2 Å². The van der Waals surface area contributed by atoms with E-state index < -0.39 is 50.5 Å². The maximum Gasteiger partial charge on any atom is 0.433 e. The number of aromatic nitrogens is 1. The van der Waals surface area contributed by atoms with Crippen molar-refractivity contribution in [3.8, 4) is 11.5 Å². The number of allylic oxidation sites excluding steroid dienone is 1. The summed E-state index contributed by atoms with van der Waals surface area (Å²) in [6.45, 7) is 3.71. The summed E-state index contributed by atoms with van der Waals surface area (Å²) in [4.78, 5) is 14.0. The van der Waals surface area contributed by atoms with Crippen molar-refractivity contribution in [3.63, 3.8) is 0 Å². The molecule has 0 bridgehead atoms. The van der Waals surface area contributed by atoms with Gasteiger partial charge in [0.25, 0.3) is 10.0 Å². The average Bonchev–Trinajstić information content (AvgIpc) is 3.09. The lowest BCUT2D eigenvalue weighted by Crippen LogP contribution is -2.56. The first-order valence-electron chi connectivity index (χ1n) is 15.9. The molecule has 0 amide bonds. The molecule has 10 nitrogen and oxygen atoms in total. The van der Waals surface area contributed by atoms with Crippen molar-refractivity contribution < 1.29 is 39.8 Å². The molecule has 1 aliphatic heterocycles. The summed E-state index contributed by atoms with van der Waals surface area (Å²) in [5.74, 6) is -2.19. The van der Waals surface area contributed by atoms with Gasteiger partial charge >= 0.3 is 6.18 Å². The number of aryl methyl sites for hydroxylation is 1. The second-order valence-corrected chi connectivity index (χ2v) is 14.0. The number of sulfonamides is 1. The maximum absolute atomic E-state index is 16.1. The van der Waals surface area contributed by atoms with E-state index in [2.05, 4.69) is 21.7 Å². The van der Waals surface area contributed by atoms with E-state index in [1.54, 1.807) is 17.0 Å². The highest BCUT2D eigenvalue weighted by Crippen LogP contribution is 2.37. The van der Waals surface area contributed by atoms with Crippen LogP contribution in [0.15, 0.2) is 75.3 Å². The normalized spacial score (nSPS) is 17.2. The van der Waals surface area contributed by atoms with Crippen LogP contribution in [0.4, 0.5) is 27.6 Å². The number of piperidine rings is 1. The van der Waals surface area contributed by atoms with Gasteiger partial charge in [0, 0.05) is 54.9 Å². The number of aliphatic imine (C=N–C) groups is 2. The zero-order valence-corrected chi connectivity index (χ0v) is 29.9. The van der Waals surface area contributed by atoms with E-state index in [-0.39, 0.29) is 35.9 Å². The summed E-state index contributed by atoms with van der Waals surface area (Å²) < 4.78 is 112. The zero-order chi connectivity index (χ0) is 37.6. The highest BCUT2D eigenvalue weighted by atomic mass is 32.2. The first-order valence-corrected chi connectivity index (χ1v) is 17.3. The van der Waals surface area contributed by atoms with Gasteiger partial charge < -0.3 is 19.3 Å². The van der Waals surface area contributed by atoms with Crippen molar-refractivity contribution in [3.05, 3.63) is 89.0 Å². The van der Waals surface area contributed by atoms with Crippen molar-refractivity contribution >= 4 is 28.6 Å². The van der Waals surface area contributed by atoms with Crippen molar-refractivity contribution in [2.75, 3.05) is 53.4 Å².